The van der Waals surface area contributed by atoms with Crippen LogP contribution in [0.2, 0.25) is 0 Å². The van der Waals surface area contributed by atoms with E-state index in [1.165, 1.54) is 0 Å². The van der Waals surface area contributed by atoms with E-state index >= 15 is 0 Å². The van der Waals surface area contributed by atoms with Crippen LogP contribution in [0.4, 0.5) is 0 Å². The van der Waals surface area contributed by atoms with E-state index < -0.39 is 0 Å². The number of oxazole rings is 1. The van der Waals surface area contributed by atoms with E-state index in [0.717, 1.165) is 36.7 Å². The van der Waals surface area contributed by atoms with Crippen molar-refractivity contribution in [1.82, 2.24) is 25.1 Å². The smallest absolute Gasteiger partial charge is 0.324 e. The monoisotopic (exact) mass is 277 g/mol. The number of hydrogen-bond donors (Lipinski definition) is 1. The number of hydrogen-bond acceptors (Lipinski definition) is 5. The van der Waals surface area contributed by atoms with Gasteiger partial charge in [-0.25, -0.2) is 4.98 Å². The maximum Gasteiger partial charge on any atom is 0.324 e. The van der Waals surface area contributed by atoms with Crippen LogP contribution < -0.4 is 5.32 Å². The molecule has 2 aromatic heterocycles. The van der Waals surface area contributed by atoms with Crippen molar-refractivity contribution in [1.29, 1.82) is 0 Å². The Morgan fingerprint density at radius 2 is 2.05 bits per heavy atom. The molecule has 20 heavy (non-hydrogen) atoms. The molecular weight excluding hydrogens is 254 g/mol. The minimum atomic E-state index is 0.496. The van der Waals surface area contributed by atoms with Crippen LogP contribution >= 0.6 is 0 Å². The van der Waals surface area contributed by atoms with E-state index in [1.54, 1.807) is 10.9 Å². The van der Waals surface area contributed by atoms with Gasteiger partial charge in [-0.15, -0.1) is 5.10 Å². The number of aromatic nitrogens is 4. The minimum Gasteiger partial charge on any atom is -0.430 e. The van der Waals surface area contributed by atoms with Crippen molar-refractivity contribution in [2.75, 3.05) is 6.54 Å². The Balaban J connectivity index is 2.10. The van der Waals surface area contributed by atoms with Gasteiger partial charge >= 0.3 is 6.01 Å². The SMILES string of the molecule is CCc1nc(CC)n(-c2nc(CNCC(C)C)co2)n1. The van der Waals surface area contributed by atoms with Crippen molar-refractivity contribution in [2.45, 2.75) is 47.1 Å². The first-order valence-electron chi connectivity index (χ1n) is 7.24. The molecule has 2 rings (SSSR count). The van der Waals surface area contributed by atoms with Gasteiger partial charge in [0.1, 0.15) is 12.1 Å². The summed E-state index contributed by atoms with van der Waals surface area (Å²) in [6.45, 7) is 10.1. The lowest BCUT2D eigenvalue weighted by Gasteiger charge is -2.04. The average molecular weight is 277 g/mol. The van der Waals surface area contributed by atoms with Gasteiger partial charge in [0.25, 0.3) is 0 Å². The average Bonchev–Trinajstić information content (AvgIpc) is 3.03. The summed E-state index contributed by atoms with van der Waals surface area (Å²) in [5.74, 6) is 2.32. The van der Waals surface area contributed by atoms with E-state index in [0.29, 0.717) is 18.5 Å². The van der Waals surface area contributed by atoms with Crippen molar-refractivity contribution < 1.29 is 4.42 Å². The predicted molar refractivity (Wildman–Crippen MR) is 76.7 cm³/mol. The van der Waals surface area contributed by atoms with Crippen molar-refractivity contribution in [2.24, 2.45) is 5.92 Å². The van der Waals surface area contributed by atoms with Crippen LogP contribution in [0.5, 0.6) is 0 Å². The molecule has 2 aromatic rings. The number of nitrogens with one attached hydrogen (secondary N) is 1. The fourth-order valence-electron chi connectivity index (χ4n) is 1.89. The zero-order chi connectivity index (χ0) is 14.5. The molecule has 0 aliphatic heterocycles. The van der Waals surface area contributed by atoms with Crippen LogP contribution in [-0.2, 0) is 19.4 Å². The van der Waals surface area contributed by atoms with Gasteiger partial charge in [0.05, 0.1) is 5.69 Å². The summed E-state index contributed by atoms with van der Waals surface area (Å²) >= 11 is 0. The Morgan fingerprint density at radius 3 is 2.70 bits per heavy atom. The summed E-state index contributed by atoms with van der Waals surface area (Å²) in [6, 6.07) is 0.496. The highest BCUT2D eigenvalue weighted by molar-refractivity contribution is 5.12. The molecule has 6 heteroatoms. The van der Waals surface area contributed by atoms with Gasteiger partial charge in [-0.2, -0.15) is 9.67 Å². The van der Waals surface area contributed by atoms with E-state index in [2.05, 4.69) is 34.2 Å². The zero-order valence-corrected chi connectivity index (χ0v) is 12.7. The lowest BCUT2D eigenvalue weighted by Crippen LogP contribution is -2.19. The molecule has 2 heterocycles. The molecule has 0 amide bonds. The maximum absolute atomic E-state index is 5.52. The van der Waals surface area contributed by atoms with E-state index in [4.69, 9.17) is 4.42 Å². The third kappa shape index (κ3) is 3.45. The first kappa shape index (κ1) is 14.7. The van der Waals surface area contributed by atoms with Crippen molar-refractivity contribution in [3.63, 3.8) is 0 Å². The number of aryl methyl sites for hydroxylation is 2. The second kappa shape index (κ2) is 6.65. The molecule has 0 saturated carbocycles. The van der Waals surface area contributed by atoms with Gasteiger partial charge in [0.2, 0.25) is 0 Å². The topological polar surface area (TPSA) is 68.8 Å². The molecule has 1 N–H and O–H groups in total. The maximum atomic E-state index is 5.52. The molecule has 0 aromatic carbocycles. The molecule has 0 bridgehead atoms. The molecule has 110 valence electrons. The van der Waals surface area contributed by atoms with Crippen molar-refractivity contribution in [3.8, 4) is 6.01 Å². The highest BCUT2D eigenvalue weighted by Crippen LogP contribution is 2.11. The van der Waals surface area contributed by atoms with Gasteiger partial charge in [0.15, 0.2) is 5.82 Å². The van der Waals surface area contributed by atoms with Crippen LogP contribution in [0.25, 0.3) is 6.01 Å². The summed E-state index contributed by atoms with van der Waals surface area (Å²) in [7, 11) is 0. The first-order valence-corrected chi connectivity index (χ1v) is 7.24. The molecule has 0 aliphatic rings. The van der Waals surface area contributed by atoms with Crippen LogP contribution in [0.3, 0.4) is 0 Å². The molecule has 0 atom stereocenters. The Bertz CT molecular complexity index is 544. The standard InChI is InChI=1S/C14H23N5O/c1-5-12-17-13(6-2)19(18-12)14-16-11(9-20-14)8-15-7-10(3)4/h9-10,15H,5-8H2,1-4H3. The second-order valence-corrected chi connectivity index (χ2v) is 5.21. The van der Waals surface area contributed by atoms with E-state index in [-0.39, 0.29) is 0 Å². The van der Waals surface area contributed by atoms with Crippen LogP contribution in [0, 0.1) is 5.92 Å². The highest BCUT2D eigenvalue weighted by atomic mass is 16.4. The quantitative estimate of drug-likeness (QED) is 0.839. The lowest BCUT2D eigenvalue weighted by molar-refractivity contribution is 0.499. The van der Waals surface area contributed by atoms with Crippen LogP contribution in [-0.4, -0.2) is 26.3 Å². The largest absolute Gasteiger partial charge is 0.430 e. The zero-order valence-electron chi connectivity index (χ0n) is 12.7. The third-order valence-electron chi connectivity index (χ3n) is 2.93. The third-order valence-corrected chi connectivity index (χ3v) is 2.93. The lowest BCUT2D eigenvalue weighted by atomic mass is 10.2. The van der Waals surface area contributed by atoms with Crippen molar-refractivity contribution >= 4 is 0 Å². The van der Waals surface area contributed by atoms with Crippen molar-refractivity contribution in [3.05, 3.63) is 23.6 Å². The molecule has 0 fully saturated rings. The summed E-state index contributed by atoms with van der Waals surface area (Å²) in [6.07, 6.45) is 3.29. The molecule has 0 unspecified atom stereocenters. The number of nitrogens with zero attached hydrogens (tertiary/aromatic N) is 4. The summed E-state index contributed by atoms with van der Waals surface area (Å²) in [4.78, 5) is 8.92. The fourth-order valence-corrected chi connectivity index (χ4v) is 1.89. The van der Waals surface area contributed by atoms with Crippen LogP contribution in [0.15, 0.2) is 10.7 Å². The Kier molecular flexibility index (Phi) is 4.89. The molecule has 0 aliphatic carbocycles. The van der Waals surface area contributed by atoms with Gasteiger partial charge in [-0.05, 0) is 12.5 Å². The molecule has 6 nitrogen and oxygen atoms in total. The molecule has 0 saturated heterocycles. The van der Waals surface area contributed by atoms with Gasteiger partial charge in [0, 0.05) is 19.4 Å². The van der Waals surface area contributed by atoms with Crippen LogP contribution in [0.1, 0.15) is 45.0 Å². The molecule has 0 spiro atoms. The predicted octanol–water partition coefficient (Wildman–Crippen LogP) is 2.13. The fraction of sp³-hybridized carbons (Fsp3) is 0.643. The summed E-state index contributed by atoms with van der Waals surface area (Å²) < 4.78 is 7.22. The Hall–Kier alpha value is -1.69. The normalized spacial score (nSPS) is 11.4. The number of rotatable bonds is 7. The first-order chi connectivity index (χ1) is 9.63. The summed E-state index contributed by atoms with van der Waals surface area (Å²) in [5.41, 5.74) is 0.885. The highest BCUT2D eigenvalue weighted by Gasteiger charge is 2.13. The second-order valence-electron chi connectivity index (χ2n) is 5.21. The van der Waals surface area contributed by atoms with Gasteiger partial charge < -0.3 is 9.73 Å². The molecule has 0 radical (unpaired) electrons. The summed E-state index contributed by atoms with van der Waals surface area (Å²) in [5, 5.41) is 7.76. The Morgan fingerprint density at radius 1 is 1.25 bits per heavy atom. The van der Waals surface area contributed by atoms with Gasteiger partial charge in [-0.3, -0.25) is 0 Å². The Labute approximate surface area is 119 Å². The molecular formula is C14H23N5O. The minimum absolute atomic E-state index is 0.496. The van der Waals surface area contributed by atoms with Gasteiger partial charge in [-0.1, -0.05) is 27.7 Å². The van der Waals surface area contributed by atoms with E-state index in [9.17, 15) is 0 Å². The van der Waals surface area contributed by atoms with E-state index in [1.807, 2.05) is 13.8 Å².